The first-order chi connectivity index (χ1) is 8.10. The molecule has 0 bridgehead atoms. The highest BCUT2D eigenvalue weighted by Gasteiger charge is 2.16. The summed E-state index contributed by atoms with van der Waals surface area (Å²) in [5, 5.41) is 2.57. The van der Waals surface area contributed by atoms with Gasteiger partial charge in [0.25, 0.3) is 0 Å². The van der Waals surface area contributed by atoms with Crippen molar-refractivity contribution in [3.05, 3.63) is 0 Å². The largest absolute Gasteiger partial charge is 0.450 e. The van der Waals surface area contributed by atoms with Crippen molar-refractivity contribution in [3.8, 4) is 11.8 Å². The molecule has 0 aromatic rings. The van der Waals surface area contributed by atoms with Gasteiger partial charge in [-0.05, 0) is 34.6 Å². The first-order valence-corrected chi connectivity index (χ1v) is 5.78. The molecule has 0 heterocycles. The van der Waals surface area contributed by atoms with E-state index in [0.717, 1.165) is 0 Å². The van der Waals surface area contributed by atoms with E-state index in [1.807, 2.05) is 0 Å². The Balaban J connectivity index is 4.19. The van der Waals surface area contributed by atoms with E-state index in [1.54, 1.807) is 34.6 Å². The summed E-state index contributed by atoms with van der Waals surface area (Å²) in [6.45, 7) is 10.1. The summed E-state index contributed by atoms with van der Waals surface area (Å²) in [6.07, 6.45) is -1.02. The number of ether oxygens (including phenoxy) is 2. The third-order valence-electron chi connectivity index (χ3n) is 1.58. The average Bonchev–Trinajstić information content (AvgIpc) is 2.10. The summed E-state index contributed by atoms with van der Waals surface area (Å²) < 4.78 is 9.91. The number of nitrogens with one attached hydrogen (secondary N) is 1. The summed E-state index contributed by atoms with van der Waals surface area (Å²) in [7, 11) is 0. The van der Waals surface area contributed by atoms with Crippen LogP contribution in [0, 0.1) is 11.8 Å². The summed E-state index contributed by atoms with van der Waals surface area (Å²) in [6, 6.07) is -0.377. The Morgan fingerprint density at radius 1 is 1.17 bits per heavy atom. The third kappa shape index (κ3) is 9.52. The molecule has 1 N–H and O–H groups in total. The van der Waals surface area contributed by atoms with E-state index >= 15 is 0 Å². The van der Waals surface area contributed by atoms with Crippen LogP contribution in [0.15, 0.2) is 0 Å². The number of hydrogen-bond acceptors (Lipinski definition) is 4. The topological polar surface area (TPSA) is 64.6 Å². The van der Waals surface area contributed by atoms with Crippen LogP contribution in [0.4, 0.5) is 4.79 Å². The molecule has 0 saturated heterocycles. The van der Waals surface area contributed by atoms with Crippen molar-refractivity contribution in [2.24, 2.45) is 0 Å². The van der Waals surface area contributed by atoms with Crippen LogP contribution in [-0.2, 0) is 14.3 Å². The minimum absolute atomic E-state index is 0.377. The fraction of sp³-hybridized carbons (Fsp3) is 0.692. The predicted octanol–water partition coefficient (Wildman–Crippen LogP) is 1.85. The standard InChI is InChI=1S/C13H21NO4/c1-9(7-8-10(2)17-11(3)15)14-12(16)18-13(4,5)6/h9-10H,1-6H3,(H,14,16)/t9-,10-/m0/s1. The summed E-state index contributed by atoms with van der Waals surface area (Å²) in [5.41, 5.74) is -0.539. The van der Waals surface area contributed by atoms with E-state index in [-0.39, 0.29) is 12.0 Å². The average molecular weight is 255 g/mol. The Labute approximate surface area is 108 Å². The maximum Gasteiger partial charge on any atom is 0.408 e. The van der Waals surface area contributed by atoms with E-state index in [9.17, 15) is 9.59 Å². The highest BCUT2D eigenvalue weighted by Crippen LogP contribution is 2.06. The monoisotopic (exact) mass is 255 g/mol. The molecule has 0 aliphatic rings. The number of rotatable bonds is 2. The summed E-state index contributed by atoms with van der Waals surface area (Å²) in [5.74, 6) is 5.10. The zero-order valence-electron chi connectivity index (χ0n) is 11.8. The lowest BCUT2D eigenvalue weighted by Crippen LogP contribution is -2.37. The lowest BCUT2D eigenvalue weighted by atomic mass is 10.2. The van der Waals surface area contributed by atoms with E-state index in [1.165, 1.54) is 6.92 Å². The van der Waals surface area contributed by atoms with Crippen molar-refractivity contribution in [1.82, 2.24) is 5.32 Å². The number of amides is 1. The summed E-state index contributed by atoms with van der Waals surface area (Å²) in [4.78, 5) is 22.1. The van der Waals surface area contributed by atoms with Crippen molar-refractivity contribution in [2.45, 2.75) is 59.3 Å². The first kappa shape index (κ1) is 16.3. The van der Waals surface area contributed by atoms with Crippen LogP contribution in [0.2, 0.25) is 0 Å². The van der Waals surface area contributed by atoms with Gasteiger partial charge in [-0.2, -0.15) is 0 Å². The third-order valence-corrected chi connectivity index (χ3v) is 1.58. The zero-order chi connectivity index (χ0) is 14.3. The molecule has 5 heteroatoms. The van der Waals surface area contributed by atoms with Crippen LogP contribution >= 0.6 is 0 Å². The highest BCUT2D eigenvalue weighted by molar-refractivity contribution is 5.68. The van der Waals surface area contributed by atoms with Gasteiger partial charge >= 0.3 is 12.1 Å². The molecule has 102 valence electrons. The Morgan fingerprint density at radius 2 is 1.72 bits per heavy atom. The van der Waals surface area contributed by atoms with Gasteiger partial charge in [0.15, 0.2) is 6.10 Å². The first-order valence-electron chi connectivity index (χ1n) is 5.78. The molecule has 2 atom stereocenters. The number of carbonyl (C=O) groups excluding carboxylic acids is 2. The second kappa shape index (κ2) is 6.90. The van der Waals surface area contributed by atoms with Gasteiger partial charge < -0.3 is 14.8 Å². The Bertz CT molecular complexity index is 359. The maximum absolute atomic E-state index is 11.4. The van der Waals surface area contributed by atoms with Crippen LogP contribution in [0.25, 0.3) is 0 Å². The molecule has 18 heavy (non-hydrogen) atoms. The van der Waals surface area contributed by atoms with Gasteiger partial charge in [-0.15, -0.1) is 0 Å². The number of esters is 1. The molecule has 0 unspecified atom stereocenters. The van der Waals surface area contributed by atoms with Crippen LogP contribution in [-0.4, -0.2) is 29.8 Å². The molecule has 0 spiro atoms. The van der Waals surface area contributed by atoms with E-state index in [0.29, 0.717) is 0 Å². The van der Waals surface area contributed by atoms with Crippen molar-refractivity contribution in [2.75, 3.05) is 0 Å². The van der Waals surface area contributed by atoms with E-state index < -0.39 is 17.8 Å². The highest BCUT2D eigenvalue weighted by atomic mass is 16.6. The SMILES string of the molecule is CC(=O)O[C@@H](C)C#C[C@H](C)NC(=O)OC(C)(C)C. The maximum atomic E-state index is 11.4. The fourth-order valence-electron chi connectivity index (χ4n) is 1.04. The second-order valence-corrected chi connectivity index (χ2v) is 4.91. The van der Waals surface area contributed by atoms with Crippen molar-refractivity contribution < 1.29 is 19.1 Å². The fourth-order valence-corrected chi connectivity index (χ4v) is 1.04. The van der Waals surface area contributed by atoms with Crippen molar-refractivity contribution in [1.29, 1.82) is 0 Å². The van der Waals surface area contributed by atoms with Crippen LogP contribution in [0.5, 0.6) is 0 Å². The minimum atomic E-state index is -0.539. The molecule has 5 nitrogen and oxygen atoms in total. The Hall–Kier alpha value is -1.70. The van der Waals surface area contributed by atoms with Crippen molar-refractivity contribution in [3.63, 3.8) is 0 Å². The molecule has 0 radical (unpaired) electrons. The molecule has 1 amide bonds. The zero-order valence-corrected chi connectivity index (χ0v) is 11.8. The Kier molecular flexibility index (Phi) is 6.24. The predicted molar refractivity (Wildman–Crippen MR) is 67.8 cm³/mol. The van der Waals surface area contributed by atoms with Gasteiger partial charge in [-0.1, -0.05) is 11.8 Å². The number of hydrogen-bond donors (Lipinski definition) is 1. The molecule has 0 saturated carbocycles. The molecule has 0 aromatic carbocycles. The normalized spacial score (nSPS) is 13.7. The molecule has 0 aliphatic carbocycles. The second-order valence-electron chi connectivity index (χ2n) is 4.91. The van der Waals surface area contributed by atoms with Crippen molar-refractivity contribution >= 4 is 12.1 Å². The van der Waals surface area contributed by atoms with Gasteiger partial charge in [0, 0.05) is 6.92 Å². The van der Waals surface area contributed by atoms with Crippen LogP contribution in [0.3, 0.4) is 0 Å². The van der Waals surface area contributed by atoms with Gasteiger partial charge in [0.2, 0.25) is 0 Å². The van der Waals surface area contributed by atoms with E-state index in [2.05, 4.69) is 17.2 Å². The van der Waals surface area contributed by atoms with Gasteiger partial charge in [0.05, 0.1) is 6.04 Å². The van der Waals surface area contributed by atoms with Crippen LogP contribution < -0.4 is 5.32 Å². The molecule has 0 aromatic heterocycles. The lowest BCUT2D eigenvalue weighted by molar-refractivity contribution is -0.143. The number of carbonyl (C=O) groups is 2. The number of alkyl carbamates (subject to hydrolysis) is 1. The van der Waals surface area contributed by atoms with E-state index in [4.69, 9.17) is 9.47 Å². The molecule has 0 fully saturated rings. The van der Waals surface area contributed by atoms with Gasteiger partial charge in [0.1, 0.15) is 5.60 Å². The molecular weight excluding hydrogens is 234 g/mol. The molecule has 0 aliphatic heterocycles. The van der Waals surface area contributed by atoms with Gasteiger partial charge in [-0.3, -0.25) is 4.79 Å². The summed E-state index contributed by atoms with van der Waals surface area (Å²) >= 11 is 0. The molecular formula is C13H21NO4. The minimum Gasteiger partial charge on any atom is -0.450 e. The Morgan fingerprint density at radius 3 is 2.17 bits per heavy atom. The lowest BCUT2D eigenvalue weighted by Gasteiger charge is -2.20. The quantitative estimate of drug-likeness (QED) is 0.604. The smallest absolute Gasteiger partial charge is 0.408 e. The molecule has 0 rings (SSSR count). The van der Waals surface area contributed by atoms with Gasteiger partial charge in [-0.25, -0.2) is 4.79 Å². The van der Waals surface area contributed by atoms with Crippen LogP contribution in [0.1, 0.15) is 41.5 Å².